The second-order valence-electron chi connectivity index (χ2n) is 7.42. The minimum atomic E-state index is -4.05. The molecule has 178 valence electrons. The highest BCUT2D eigenvalue weighted by molar-refractivity contribution is 8.13. The highest BCUT2D eigenvalue weighted by Crippen LogP contribution is 2.30. The van der Waals surface area contributed by atoms with Gasteiger partial charge in [-0.3, -0.25) is 9.59 Å². The van der Waals surface area contributed by atoms with Gasteiger partial charge in [0.2, 0.25) is 5.91 Å². The number of hydrogen-bond acceptors (Lipinski definition) is 5. The zero-order valence-corrected chi connectivity index (χ0v) is 19.9. The van der Waals surface area contributed by atoms with Crippen molar-refractivity contribution in [2.45, 2.75) is 17.4 Å². The Morgan fingerprint density at radius 1 is 1.06 bits per heavy atom. The van der Waals surface area contributed by atoms with Crippen LogP contribution in [0.15, 0.2) is 77.7 Å². The Balaban J connectivity index is 1.90. The van der Waals surface area contributed by atoms with Crippen LogP contribution in [-0.4, -0.2) is 45.3 Å². The van der Waals surface area contributed by atoms with E-state index in [9.17, 15) is 22.4 Å². The topological polar surface area (TPSA) is 92.8 Å². The number of likely N-dealkylation sites (N-methyl/N-ethyl adjacent to an activating group) is 1. The molecule has 0 aliphatic heterocycles. The number of carbonyl (C=O) groups is 2. The van der Waals surface area contributed by atoms with Gasteiger partial charge in [0, 0.05) is 41.5 Å². The second-order valence-corrected chi connectivity index (χ2v) is 9.96. The first-order valence-electron chi connectivity index (χ1n) is 10.1. The van der Waals surface area contributed by atoms with Crippen molar-refractivity contribution in [2.24, 2.45) is 0 Å². The number of amides is 2. The van der Waals surface area contributed by atoms with Gasteiger partial charge in [-0.25, -0.2) is 12.8 Å². The van der Waals surface area contributed by atoms with Gasteiger partial charge in [0.05, 0.1) is 7.11 Å². The molecule has 0 fully saturated rings. The Labute approximate surface area is 201 Å². The number of hydrogen-bond donors (Lipinski definition) is 1. The van der Waals surface area contributed by atoms with E-state index in [0.29, 0.717) is 0 Å². The van der Waals surface area contributed by atoms with Crippen LogP contribution in [0.3, 0.4) is 0 Å². The first kappa shape index (κ1) is 25.2. The summed E-state index contributed by atoms with van der Waals surface area (Å²) in [7, 11) is 4.14. The number of ether oxygens (including phenoxy) is 1. The molecule has 1 N–H and O–H groups in total. The first-order valence-corrected chi connectivity index (χ1v) is 12.4. The number of nitrogens with zero attached hydrogens (tertiary/aromatic N) is 1. The maximum atomic E-state index is 13.3. The molecule has 2 amide bonds. The van der Waals surface area contributed by atoms with Crippen LogP contribution in [0.4, 0.5) is 10.1 Å². The molecule has 0 aliphatic rings. The van der Waals surface area contributed by atoms with E-state index in [1.807, 2.05) is 30.3 Å². The molecule has 1 atom stereocenters. The fourth-order valence-electron chi connectivity index (χ4n) is 3.35. The van der Waals surface area contributed by atoms with E-state index in [-0.39, 0.29) is 28.3 Å². The minimum absolute atomic E-state index is 0.0387. The van der Waals surface area contributed by atoms with Crippen molar-refractivity contribution in [3.8, 4) is 5.75 Å². The van der Waals surface area contributed by atoms with Gasteiger partial charge >= 0.3 is 0 Å². The van der Waals surface area contributed by atoms with E-state index < -0.39 is 32.7 Å². The van der Waals surface area contributed by atoms with Crippen molar-refractivity contribution < 1.29 is 27.1 Å². The monoisotopic (exact) mass is 504 g/mol. The molecule has 3 rings (SSSR count). The Bertz CT molecular complexity index is 1280. The standard InChI is InChI=1S/C24H22ClFN2O5S/c1-28(24(30)17-8-10-18(26)11-9-17)20(14-16-6-4-3-5-7-16)23(29)27-19-12-13-22(34(25,31)32)21(15-19)33-2/h3-13,15,20H,14H2,1-2H3,(H,27,29). The molecule has 0 radical (unpaired) electrons. The lowest BCUT2D eigenvalue weighted by molar-refractivity contribution is -0.120. The van der Waals surface area contributed by atoms with Crippen molar-refractivity contribution in [3.05, 3.63) is 89.7 Å². The van der Waals surface area contributed by atoms with Gasteiger partial charge < -0.3 is 15.0 Å². The molecule has 0 saturated carbocycles. The van der Waals surface area contributed by atoms with E-state index in [1.54, 1.807) is 0 Å². The zero-order chi connectivity index (χ0) is 24.9. The first-order chi connectivity index (χ1) is 16.1. The highest BCUT2D eigenvalue weighted by atomic mass is 35.7. The Kier molecular flexibility index (Phi) is 7.90. The number of anilines is 1. The summed E-state index contributed by atoms with van der Waals surface area (Å²) in [6.45, 7) is 0. The van der Waals surface area contributed by atoms with Crippen LogP contribution in [0.1, 0.15) is 15.9 Å². The summed E-state index contributed by atoms with van der Waals surface area (Å²) in [6, 6.07) is 17.2. The average Bonchev–Trinajstić information content (AvgIpc) is 2.82. The molecule has 0 aromatic heterocycles. The zero-order valence-electron chi connectivity index (χ0n) is 18.4. The van der Waals surface area contributed by atoms with E-state index >= 15 is 0 Å². The molecule has 1 unspecified atom stereocenters. The van der Waals surface area contributed by atoms with Gasteiger partial charge in [-0.2, -0.15) is 0 Å². The summed E-state index contributed by atoms with van der Waals surface area (Å²) >= 11 is 0. The normalized spacial score (nSPS) is 12.0. The third kappa shape index (κ3) is 6.12. The third-order valence-electron chi connectivity index (χ3n) is 5.15. The van der Waals surface area contributed by atoms with Gasteiger partial charge in [-0.05, 0) is 42.0 Å². The maximum absolute atomic E-state index is 13.3. The van der Waals surface area contributed by atoms with Gasteiger partial charge in [-0.1, -0.05) is 30.3 Å². The lowest BCUT2D eigenvalue weighted by Gasteiger charge is -2.28. The summed E-state index contributed by atoms with van der Waals surface area (Å²) in [6.07, 6.45) is 0.210. The summed E-state index contributed by atoms with van der Waals surface area (Å²) < 4.78 is 41.8. The van der Waals surface area contributed by atoms with Crippen LogP contribution in [0, 0.1) is 5.82 Å². The molecular weight excluding hydrogens is 483 g/mol. The summed E-state index contributed by atoms with van der Waals surface area (Å²) in [5.74, 6) is -1.49. The number of methoxy groups -OCH3 is 1. The molecule has 3 aromatic carbocycles. The SMILES string of the molecule is COc1cc(NC(=O)C(Cc2ccccc2)N(C)C(=O)c2ccc(F)cc2)ccc1S(=O)(=O)Cl. The molecule has 10 heteroatoms. The number of nitrogens with one attached hydrogen (secondary N) is 1. The van der Waals surface area contributed by atoms with Crippen LogP contribution >= 0.6 is 10.7 Å². The Hall–Kier alpha value is -3.43. The average molecular weight is 505 g/mol. The lowest BCUT2D eigenvalue weighted by Crippen LogP contribution is -2.46. The van der Waals surface area contributed by atoms with Crippen LogP contribution < -0.4 is 10.1 Å². The van der Waals surface area contributed by atoms with Gasteiger partial charge in [-0.15, -0.1) is 0 Å². The molecule has 0 heterocycles. The number of rotatable bonds is 8. The molecule has 7 nitrogen and oxygen atoms in total. The highest BCUT2D eigenvalue weighted by Gasteiger charge is 2.28. The Morgan fingerprint density at radius 2 is 1.71 bits per heavy atom. The number of halogens is 2. The molecule has 0 spiro atoms. The fourth-order valence-corrected chi connectivity index (χ4v) is 4.35. The maximum Gasteiger partial charge on any atom is 0.264 e. The predicted octanol–water partition coefficient (Wildman–Crippen LogP) is 4.08. The van der Waals surface area contributed by atoms with Crippen LogP contribution in [0.5, 0.6) is 5.75 Å². The molecule has 0 bridgehead atoms. The summed E-state index contributed by atoms with van der Waals surface area (Å²) in [4.78, 5) is 27.3. The van der Waals surface area contributed by atoms with E-state index in [2.05, 4.69) is 5.32 Å². The Morgan fingerprint density at radius 3 is 2.29 bits per heavy atom. The second kappa shape index (κ2) is 10.7. The third-order valence-corrected chi connectivity index (χ3v) is 6.51. The largest absolute Gasteiger partial charge is 0.495 e. The summed E-state index contributed by atoms with van der Waals surface area (Å²) in [5.41, 5.74) is 1.31. The molecule has 34 heavy (non-hydrogen) atoms. The van der Waals surface area contributed by atoms with E-state index in [4.69, 9.17) is 15.4 Å². The van der Waals surface area contributed by atoms with Crippen LogP contribution in [0.2, 0.25) is 0 Å². The van der Waals surface area contributed by atoms with Crippen LogP contribution in [-0.2, 0) is 20.3 Å². The molecule has 3 aromatic rings. The quantitative estimate of drug-likeness (QED) is 0.466. The van der Waals surface area contributed by atoms with Crippen molar-refractivity contribution >= 4 is 37.2 Å². The molecule has 0 saturated heterocycles. The van der Waals surface area contributed by atoms with Crippen molar-refractivity contribution in [3.63, 3.8) is 0 Å². The fraction of sp³-hybridized carbons (Fsp3) is 0.167. The summed E-state index contributed by atoms with van der Waals surface area (Å²) in [5, 5.41) is 2.70. The molecular formula is C24H22ClFN2O5S. The van der Waals surface area contributed by atoms with Crippen molar-refractivity contribution in [2.75, 3.05) is 19.5 Å². The predicted molar refractivity (Wildman–Crippen MR) is 127 cm³/mol. The van der Waals surface area contributed by atoms with E-state index in [1.165, 1.54) is 61.5 Å². The van der Waals surface area contributed by atoms with E-state index in [0.717, 1.165) is 5.56 Å². The lowest BCUT2D eigenvalue weighted by atomic mass is 10.0. The van der Waals surface area contributed by atoms with Crippen molar-refractivity contribution in [1.82, 2.24) is 4.90 Å². The number of carbonyl (C=O) groups excluding carboxylic acids is 2. The molecule has 0 aliphatic carbocycles. The van der Waals surface area contributed by atoms with Crippen LogP contribution in [0.25, 0.3) is 0 Å². The smallest absolute Gasteiger partial charge is 0.264 e. The number of benzene rings is 3. The van der Waals surface area contributed by atoms with Gasteiger partial charge in [0.15, 0.2) is 0 Å². The van der Waals surface area contributed by atoms with Gasteiger partial charge in [0.25, 0.3) is 15.0 Å². The van der Waals surface area contributed by atoms with Gasteiger partial charge in [0.1, 0.15) is 22.5 Å². The minimum Gasteiger partial charge on any atom is -0.495 e. The van der Waals surface area contributed by atoms with Crippen molar-refractivity contribution in [1.29, 1.82) is 0 Å².